The van der Waals surface area contributed by atoms with Crippen LogP contribution in [0.1, 0.15) is 38.8 Å². The molecule has 0 radical (unpaired) electrons. The number of rotatable bonds is 6. The average Bonchev–Trinajstić information content (AvgIpc) is 2.35. The van der Waals surface area contributed by atoms with E-state index in [1.54, 1.807) is 0 Å². The number of carbonyl (C=O) groups is 1. The molecule has 0 aliphatic carbocycles. The third-order valence-electron chi connectivity index (χ3n) is 3.28. The molecule has 0 aliphatic heterocycles. The van der Waals surface area contributed by atoms with Crippen LogP contribution in [0, 0.1) is 6.92 Å². The van der Waals surface area contributed by atoms with Gasteiger partial charge in [0.25, 0.3) is 0 Å². The van der Waals surface area contributed by atoms with Crippen molar-refractivity contribution in [3.8, 4) is 0 Å². The van der Waals surface area contributed by atoms with Gasteiger partial charge in [-0.15, -0.1) is 0 Å². The van der Waals surface area contributed by atoms with Crippen molar-refractivity contribution in [1.29, 1.82) is 0 Å². The quantitative estimate of drug-likeness (QED) is 0.855. The van der Waals surface area contributed by atoms with Crippen LogP contribution in [0.2, 0.25) is 0 Å². The molecule has 0 aliphatic rings. The zero-order valence-electron chi connectivity index (χ0n) is 12.8. The van der Waals surface area contributed by atoms with Crippen LogP contribution in [0.15, 0.2) is 24.3 Å². The highest BCUT2D eigenvalue weighted by Crippen LogP contribution is 2.13. The first-order chi connectivity index (χ1) is 8.90. The van der Waals surface area contributed by atoms with Gasteiger partial charge in [-0.05, 0) is 39.8 Å². The Morgan fingerprint density at radius 3 is 2.53 bits per heavy atom. The first kappa shape index (κ1) is 15.7. The minimum Gasteiger partial charge on any atom is -0.337 e. The lowest BCUT2D eigenvalue weighted by Gasteiger charge is -2.32. The second-order valence-corrected chi connectivity index (χ2v) is 5.46. The van der Waals surface area contributed by atoms with Crippen molar-refractivity contribution in [2.75, 3.05) is 13.1 Å². The molecule has 1 N–H and O–H groups in total. The lowest BCUT2D eigenvalue weighted by molar-refractivity contribution is -0.137. The van der Waals surface area contributed by atoms with Crippen LogP contribution < -0.4 is 5.32 Å². The Morgan fingerprint density at radius 1 is 1.32 bits per heavy atom. The predicted octanol–water partition coefficient (Wildman–Crippen LogP) is 2.73. The largest absolute Gasteiger partial charge is 0.337 e. The second-order valence-electron chi connectivity index (χ2n) is 5.46. The normalized spacial score (nSPS) is 11.4. The van der Waals surface area contributed by atoms with Crippen molar-refractivity contribution in [1.82, 2.24) is 10.2 Å². The van der Waals surface area contributed by atoms with Gasteiger partial charge in [-0.1, -0.05) is 36.8 Å². The van der Waals surface area contributed by atoms with E-state index in [0.29, 0.717) is 6.54 Å². The third-order valence-corrected chi connectivity index (χ3v) is 3.28. The highest BCUT2D eigenvalue weighted by atomic mass is 16.2. The Bertz CT molecular complexity index is 427. The van der Waals surface area contributed by atoms with Gasteiger partial charge in [-0.2, -0.15) is 0 Å². The van der Waals surface area contributed by atoms with Crippen molar-refractivity contribution < 1.29 is 4.79 Å². The van der Waals surface area contributed by atoms with E-state index in [9.17, 15) is 4.79 Å². The van der Waals surface area contributed by atoms with Crippen LogP contribution >= 0.6 is 0 Å². The number of carbonyl (C=O) groups excluding carboxylic acids is 1. The van der Waals surface area contributed by atoms with Gasteiger partial charge in [0.1, 0.15) is 0 Å². The van der Waals surface area contributed by atoms with E-state index >= 15 is 0 Å². The molecule has 1 rings (SSSR count). The molecule has 0 atom stereocenters. The maximum absolute atomic E-state index is 12.5. The number of benzene rings is 1. The van der Waals surface area contributed by atoms with Crippen molar-refractivity contribution in [2.24, 2.45) is 0 Å². The van der Waals surface area contributed by atoms with Crippen LogP contribution in [0.25, 0.3) is 0 Å². The van der Waals surface area contributed by atoms with Gasteiger partial charge >= 0.3 is 0 Å². The first-order valence-corrected chi connectivity index (χ1v) is 7.00. The molecular weight excluding hydrogens is 236 g/mol. The molecule has 0 aromatic heterocycles. The molecule has 3 heteroatoms. The van der Waals surface area contributed by atoms with Gasteiger partial charge in [0, 0.05) is 13.1 Å². The lowest BCUT2D eigenvalue weighted by Crippen LogP contribution is -2.53. The zero-order valence-corrected chi connectivity index (χ0v) is 12.8. The fourth-order valence-electron chi connectivity index (χ4n) is 2.27. The Kier molecular flexibility index (Phi) is 5.55. The number of nitrogens with one attached hydrogen (secondary N) is 1. The molecule has 1 aromatic rings. The van der Waals surface area contributed by atoms with Gasteiger partial charge < -0.3 is 10.2 Å². The van der Waals surface area contributed by atoms with Crippen LogP contribution in [0.4, 0.5) is 0 Å². The number of hydrogen-bond donors (Lipinski definition) is 1. The zero-order chi connectivity index (χ0) is 14.5. The van der Waals surface area contributed by atoms with E-state index in [4.69, 9.17) is 0 Å². The second kappa shape index (κ2) is 6.71. The summed E-state index contributed by atoms with van der Waals surface area (Å²) in [5.74, 6) is 0.151. The smallest absolute Gasteiger partial charge is 0.242 e. The fraction of sp³-hybridized carbons (Fsp3) is 0.562. The van der Waals surface area contributed by atoms with Crippen LogP contribution in [0.3, 0.4) is 0 Å². The van der Waals surface area contributed by atoms with Crippen LogP contribution in [-0.2, 0) is 11.3 Å². The molecule has 1 aromatic carbocycles. The van der Waals surface area contributed by atoms with Gasteiger partial charge in [0.15, 0.2) is 0 Å². The number of aryl methyl sites for hydroxylation is 1. The van der Waals surface area contributed by atoms with Crippen LogP contribution in [0.5, 0.6) is 0 Å². The maximum atomic E-state index is 12.5. The fourth-order valence-corrected chi connectivity index (χ4v) is 2.27. The predicted molar refractivity (Wildman–Crippen MR) is 80.0 cm³/mol. The molecular formula is C16H26N2O. The molecule has 0 spiro atoms. The van der Waals surface area contributed by atoms with Crippen molar-refractivity contribution in [3.05, 3.63) is 35.4 Å². The highest BCUT2D eigenvalue weighted by Gasteiger charge is 2.30. The molecule has 106 valence electrons. The Morgan fingerprint density at radius 2 is 2.00 bits per heavy atom. The van der Waals surface area contributed by atoms with E-state index in [2.05, 4.69) is 30.4 Å². The number of nitrogens with zero attached hydrogens (tertiary/aromatic N) is 1. The minimum atomic E-state index is -0.505. The summed E-state index contributed by atoms with van der Waals surface area (Å²) in [5, 5.41) is 3.24. The summed E-state index contributed by atoms with van der Waals surface area (Å²) in [5.41, 5.74) is 1.91. The van der Waals surface area contributed by atoms with E-state index in [1.165, 1.54) is 11.1 Å². The van der Waals surface area contributed by atoms with Gasteiger partial charge in [-0.25, -0.2) is 0 Å². The summed E-state index contributed by atoms with van der Waals surface area (Å²) in [6.07, 6.45) is 0. The first-order valence-electron chi connectivity index (χ1n) is 7.00. The monoisotopic (exact) mass is 262 g/mol. The molecule has 1 amide bonds. The summed E-state index contributed by atoms with van der Waals surface area (Å²) in [6.45, 7) is 12.2. The Hall–Kier alpha value is -1.35. The molecule has 0 fully saturated rings. The van der Waals surface area contributed by atoms with Crippen LogP contribution in [-0.4, -0.2) is 29.4 Å². The molecule has 3 nitrogen and oxygen atoms in total. The minimum absolute atomic E-state index is 0.151. The summed E-state index contributed by atoms with van der Waals surface area (Å²) in [7, 11) is 0. The summed E-state index contributed by atoms with van der Waals surface area (Å²) in [6, 6.07) is 8.32. The van der Waals surface area contributed by atoms with Gasteiger partial charge in [-0.3, -0.25) is 4.79 Å². The molecule has 19 heavy (non-hydrogen) atoms. The molecule has 0 heterocycles. The van der Waals surface area contributed by atoms with Gasteiger partial charge in [0.2, 0.25) is 5.91 Å². The van der Waals surface area contributed by atoms with Gasteiger partial charge in [0.05, 0.1) is 5.54 Å². The average molecular weight is 262 g/mol. The Balaban J connectivity index is 2.81. The van der Waals surface area contributed by atoms with Crippen molar-refractivity contribution in [2.45, 2.75) is 46.7 Å². The number of likely N-dealkylation sites (N-methyl/N-ethyl adjacent to an activating group) is 2. The van der Waals surface area contributed by atoms with E-state index in [-0.39, 0.29) is 5.91 Å². The highest BCUT2D eigenvalue weighted by molar-refractivity contribution is 5.85. The van der Waals surface area contributed by atoms with Crippen molar-refractivity contribution in [3.63, 3.8) is 0 Å². The van der Waals surface area contributed by atoms with E-state index in [0.717, 1.165) is 13.1 Å². The standard InChI is InChI=1S/C16H26N2O/c1-6-17-16(4,5)15(19)18(7-2)12-14-10-8-9-13(3)11-14/h8-11,17H,6-7,12H2,1-5H3. The summed E-state index contributed by atoms with van der Waals surface area (Å²) in [4.78, 5) is 14.4. The third kappa shape index (κ3) is 4.35. The topological polar surface area (TPSA) is 32.3 Å². The van der Waals surface area contributed by atoms with E-state index < -0.39 is 5.54 Å². The van der Waals surface area contributed by atoms with Crippen molar-refractivity contribution >= 4 is 5.91 Å². The molecule has 0 saturated heterocycles. The Labute approximate surface area is 117 Å². The summed E-state index contributed by atoms with van der Waals surface area (Å²) >= 11 is 0. The lowest BCUT2D eigenvalue weighted by atomic mass is 10.0. The number of hydrogen-bond acceptors (Lipinski definition) is 2. The number of amides is 1. The van der Waals surface area contributed by atoms with E-state index in [1.807, 2.05) is 38.7 Å². The SMILES string of the molecule is CCNC(C)(C)C(=O)N(CC)Cc1cccc(C)c1. The summed E-state index contributed by atoms with van der Waals surface area (Å²) < 4.78 is 0. The molecule has 0 saturated carbocycles. The molecule has 0 unspecified atom stereocenters. The molecule has 0 bridgehead atoms. The maximum Gasteiger partial charge on any atom is 0.242 e.